The van der Waals surface area contributed by atoms with Crippen LogP contribution in [0.5, 0.6) is 0 Å². The molecule has 2 rings (SSSR count). The average Bonchev–Trinajstić information content (AvgIpc) is 3.11. The van der Waals surface area contributed by atoms with Crippen molar-refractivity contribution in [1.29, 1.82) is 0 Å². The van der Waals surface area contributed by atoms with E-state index in [0.717, 1.165) is 17.8 Å². The summed E-state index contributed by atoms with van der Waals surface area (Å²) in [5.74, 6) is 0.743. The number of ether oxygens (including phenoxy) is 1. The molecule has 0 amide bonds. The van der Waals surface area contributed by atoms with Crippen molar-refractivity contribution in [1.82, 2.24) is 14.8 Å². The first-order chi connectivity index (χ1) is 10.2. The molecular formula is C14H17N3O2S2. The molecule has 21 heavy (non-hydrogen) atoms. The van der Waals surface area contributed by atoms with Crippen LogP contribution in [0, 0.1) is 0 Å². The number of rotatable bonds is 7. The molecule has 0 fully saturated rings. The summed E-state index contributed by atoms with van der Waals surface area (Å²) in [6, 6.07) is 2.13. The molecule has 0 aliphatic heterocycles. The van der Waals surface area contributed by atoms with Gasteiger partial charge in [0.1, 0.15) is 0 Å². The van der Waals surface area contributed by atoms with Crippen LogP contribution in [-0.2, 0) is 22.5 Å². The smallest absolute Gasteiger partial charge is 0.316 e. The second-order valence-electron chi connectivity index (χ2n) is 4.23. The quantitative estimate of drug-likeness (QED) is 0.445. The minimum Gasteiger partial charge on any atom is -0.468 e. The van der Waals surface area contributed by atoms with Gasteiger partial charge < -0.3 is 4.74 Å². The van der Waals surface area contributed by atoms with Gasteiger partial charge in [-0.05, 0) is 12.5 Å². The predicted octanol–water partition coefficient (Wildman–Crippen LogP) is 3.02. The van der Waals surface area contributed by atoms with Gasteiger partial charge in [-0.2, -0.15) is 0 Å². The van der Waals surface area contributed by atoms with Gasteiger partial charge in [0.05, 0.1) is 12.9 Å². The fraction of sp³-hybridized carbons (Fsp3) is 0.357. The van der Waals surface area contributed by atoms with E-state index in [4.69, 9.17) is 0 Å². The highest BCUT2D eigenvalue weighted by molar-refractivity contribution is 7.99. The summed E-state index contributed by atoms with van der Waals surface area (Å²) >= 11 is 3.03. The number of nitrogens with zero attached hydrogens (tertiary/aromatic N) is 3. The van der Waals surface area contributed by atoms with E-state index in [1.165, 1.54) is 23.7 Å². The number of allylic oxidation sites excluding steroid dienone is 1. The van der Waals surface area contributed by atoms with Crippen LogP contribution in [-0.4, -0.2) is 33.6 Å². The van der Waals surface area contributed by atoms with Crippen LogP contribution in [0.4, 0.5) is 0 Å². The van der Waals surface area contributed by atoms with Crippen molar-refractivity contribution < 1.29 is 9.53 Å². The molecule has 0 saturated carbocycles. The van der Waals surface area contributed by atoms with Crippen molar-refractivity contribution >= 4 is 29.1 Å². The molecule has 0 radical (unpaired) electrons. The van der Waals surface area contributed by atoms with E-state index in [0.29, 0.717) is 11.7 Å². The van der Waals surface area contributed by atoms with Crippen LogP contribution in [0.15, 0.2) is 29.3 Å². The van der Waals surface area contributed by atoms with Crippen LogP contribution in [0.2, 0.25) is 0 Å². The minimum absolute atomic E-state index is 0.218. The number of thioether (sulfide) groups is 1. The summed E-state index contributed by atoms with van der Waals surface area (Å²) in [5, 5.41) is 11.2. The normalized spacial score (nSPS) is 10.6. The zero-order chi connectivity index (χ0) is 15.2. The van der Waals surface area contributed by atoms with Crippen molar-refractivity contribution in [2.24, 2.45) is 0 Å². The zero-order valence-corrected chi connectivity index (χ0v) is 13.7. The van der Waals surface area contributed by atoms with E-state index in [2.05, 4.69) is 39.9 Å². The highest BCUT2D eigenvalue weighted by Crippen LogP contribution is 2.28. The summed E-state index contributed by atoms with van der Waals surface area (Å²) in [5.41, 5.74) is 1.05. The first-order valence-electron chi connectivity index (χ1n) is 6.51. The molecular weight excluding hydrogens is 306 g/mol. The summed E-state index contributed by atoms with van der Waals surface area (Å²) in [6.07, 6.45) is 2.80. The Bertz CT molecular complexity index is 634. The maximum absolute atomic E-state index is 11.3. The Morgan fingerprint density at radius 3 is 3.00 bits per heavy atom. The molecule has 0 atom stereocenters. The Morgan fingerprint density at radius 1 is 1.57 bits per heavy atom. The van der Waals surface area contributed by atoms with E-state index in [1.54, 1.807) is 17.4 Å². The number of thiophene rings is 1. The van der Waals surface area contributed by atoms with Gasteiger partial charge in [0.2, 0.25) is 0 Å². The van der Waals surface area contributed by atoms with Crippen LogP contribution in [0.3, 0.4) is 0 Å². The lowest BCUT2D eigenvalue weighted by Crippen LogP contribution is -2.06. The summed E-state index contributed by atoms with van der Waals surface area (Å²) in [4.78, 5) is 12.6. The van der Waals surface area contributed by atoms with Gasteiger partial charge in [-0.1, -0.05) is 24.8 Å². The number of hydrogen-bond donors (Lipinski definition) is 0. The van der Waals surface area contributed by atoms with Crippen LogP contribution in [0.25, 0.3) is 11.4 Å². The standard InChI is InChI=1S/C14H17N3O2S2/c1-4-6-17-13(10-7-11(5-2)20-8-10)15-16-14(17)21-9-12(18)19-3/h4,7-8H,1,5-6,9H2,2-3H3. The van der Waals surface area contributed by atoms with Crippen LogP contribution >= 0.6 is 23.1 Å². The summed E-state index contributed by atoms with van der Waals surface area (Å²) in [6.45, 7) is 6.50. The second-order valence-corrected chi connectivity index (χ2v) is 6.16. The SMILES string of the molecule is C=CCn1c(SCC(=O)OC)nnc1-c1csc(CC)c1. The lowest BCUT2D eigenvalue weighted by molar-refractivity contribution is -0.137. The molecule has 0 N–H and O–H groups in total. The molecule has 2 aromatic rings. The largest absolute Gasteiger partial charge is 0.468 e. The molecule has 112 valence electrons. The Labute approximate surface area is 132 Å². The lowest BCUT2D eigenvalue weighted by atomic mass is 10.2. The average molecular weight is 323 g/mol. The summed E-state index contributed by atoms with van der Waals surface area (Å²) < 4.78 is 6.61. The summed E-state index contributed by atoms with van der Waals surface area (Å²) in [7, 11) is 1.38. The molecule has 2 aromatic heterocycles. The van der Waals surface area contributed by atoms with Crippen LogP contribution < -0.4 is 0 Å². The van der Waals surface area contributed by atoms with Crippen molar-refractivity contribution in [2.75, 3.05) is 12.9 Å². The Hall–Kier alpha value is -1.60. The number of hydrogen-bond acceptors (Lipinski definition) is 6. The van der Waals surface area contributed by atoms with Gasteiger partial charge in [-0.25, -0.2) is 0 Å². The third kappa shape index (κ3) is 3.74. The van der Waals surface area contributed by atoms with E-state index < -0.39 is 0 Å². The van der Waals surface area contributed by atoms with Gasteiger partial charge in [0, 0.05) is 22.4 Å². The van der Waals surface area contributed by atoms with E-state index in [-0.39, 0.29) is 11.7 Å². The highest BCUT2D eigenvalue weighted by Gasteiger charge is 2.16. The highest BCUT2D eigenvalue weighted by atomic mass is 32.2. The van der Waals surface area contributed by atoms with E-state index in [1.807, 2.05) is 4.57 Å². The second kappa shape index (κ2) is 7.42. The fourth-order valence-electron chi connectivity index (χ4n) is 1.77. The van der Waals surface area contributed by atoms with Gasteiger partial charge in [-0.3, -0.25) is 9.36 Å². The molecule has 0 aromatic carbocycles. The van der Waals surface area contributed by atoms with Crippen molar-refractivity contribution in [3.05, 3.63) is 29.0 Å². The number of aromatic nitrogens is 3. The van der Waals surface area contributed by atoms with Gasteiger partial charge in [0.15, 0.2) is 11.0 Å². The van der Waals surface area contributed by atoms with Gasteiger partial charge in [-0.15, -0.1) is 28.1 Å². The van der Waals surface area contributed by atoms with E-state index in [9.17, 15) is 4.79 Å². The third-order valence-electron chi connectivity index (χ3n) is 2.84. The number of methoxy groups -OCH3 is 1. The first-order valence-corrected chi connectivity index (χ1v) is 8.37. The predicted molar refractivity (Wildman–Crippen MR) is 85.7 cm³/mol. The molecule has 5 nitrogen and oxygen atoms in total. The number of esters is 1. The molecule has 0 bridgehead atoms. The van der Waals surface area contributed by atoms with Crippen molar-refractivity contribution in [2.45, 2.75) is 25.0 Å². The first kappa shape index (κ1) is 15.8. The monoisotopic (exact) mass is 323 g/mol. The third-order valence-corrected chi connectivity index (χ3v) is 4.86. The van der Waals surface area contributed by atoms with Gasteiger partial charge in [0.25, 0.3) is 0 Å². The Kier molecular flexibility index (Phi) is 5.58. The topological polar surface area (TPSA) is 57.0 Å². The zero-order valence-electron chi connectivity index (χ0n) is 12.0. The fourth-order valence-corrected chi connectivity index (χ4v) is 3.36. The Balaban J connectivity index is 2.27. The molecule has 0 spiro atoms. The van der Waals surface area contributed by atoms with E-state index >= 15 is 0 Å². The maximum atomic E-state index is 11.3. The van der Waals surface area contributed by atoms with Crippen molar-refractivity contribution in [3.8, 4) is 11.4 Å². The molecule has 0 aliphatic rings. The molecule has 7 heteroatoms. The van der Waals surface area contributed by atoms with Crippen molar-refractivity contribution in [3.63, 3.8) is 0 Å². The van der Waals surface area contributed by atoms with Gasteiger partial charge >= 0.3 is 5.97 Å². The number of carbonyl (C=O) groups is 1. The number of carbonyl (C=O) groups excluding carboxylic acids is 1. The molecule has 0 unspecified atom stereocenters. The maximum Gasteiger partial charge on any atom is 0.316 e. The lowest BCUT2D eigenvalue weighted by Gasteiger charge is -2.06. The Morgan fingerprint density at radius 2 is 2.38 bits per heavy atom. The molecule has 0 aliphatic carbocycles. The molecule has 2 heterocycles. The van der Waals surface area contributed by atoms with Crippen LogP contribution in [0.1, 0.15) is 11.8 Å². The minimum atomic E-state index is -0.279. The molecule has 0 saturated heterocycles. The number of aryl methyl sites for hydroxylation is 1.